The van der Waals surface area contributed by atoms with Gasteiger partial charge in [-0.25, -0.2) is 4.52 Å². The van der Waals surface area contributed by atoms with Gasteiger partial charge in [0.2, 0.25) is 5.91 Å². The van der Waals surface area contributed by atoms with Gasteiger partial charge < -0.3 is 21.1 Å². The van der Waals surface area contributed by atoms with E-state index in [4.69, 9.17) is 0 Å². The molecule has 2 atom stereocenters. The van der Waals surface area contributed by atoms with Crippen LogP contribution < -0.4 is 16.0 Å². The average Bonchev–Trinajstić information content (AvgIpc) is 3.37. The summed E-state index contributed by atoms with van der Waals surface area (Å²) in [5.41, 5.74) is 3.74. The number of pyridine rings is 1. The van der Waals surface area contributed by atoms with Crippen molar-refractivity contribution in [1.29, 1.82) is 5.26 Å². The average molecular weight is 528 g/mol. The van der Waals surface area contributed by atoms with Crippen molar-refractivity contribution in [2.75, 3.05) is 5.32 Å². The summed E-state index contributed by atoms with van der Waals surface area (Å²) in [6, 6.07) is 9.64. The summed E-state index contributed by atoms with van der Waals surface area (Å²) >= 11 is 0. The molecule has 0 aliphatic heterocycles. The molecule has 3 aromatic rings. The number of aromatic nitrogens is 3. The minimum Gasteiger partial charge on any atom is -0.393 e. The van der Waals surface area contributed by atoms with Gasteiger partial charge in [-0.15, -0.1) is 0 Å². The standard InChI is InChI=1S/C29H33N7O3/c1-2-28(38)34-19-6-8-20(9-7-19)35-29(39)24-17-31-26(14-25(24)33-21-4-3-5-23(37)13-21)27-11-10-22-12-18(15-30)16-32-36(22)27/h2,10-12,14,16-17,19-21,23,37H,1,3-9,13H2,(H,31,33)(H,34,38)(H,35,39)/t19?,20?,21-,23+/m0/s1. The molecule has 2 amide bonds. The van der Waals surface area contributed by atoms with Gasteiger partial charge in [0.1, 0.15) is 6.07 Å². The number of carbonyl (C=O) groups is 2. The van der Waals surface area contributed by atoms with Crippen molar-refractivity contribution in [1.82, 2.24) is 25.2 Å². The summed E-state index contributed by atoms with van der Waals surface area (Å²) in [6.45, 7) is 3.50. The molecule has 2 aliphatic rings. The zero-order chi connectivity index (χ0) is 27.4. The maximum absolute atomic E-state index is 13.5. The van der Waals surface area contributed by atoms with Crippen LogP contribution in [0.15, 0.2) is 49.3 Å². The molecule has 3 aromatic heterocycles. The Hall–Kier alpha value is -4.23. The van der Waals surface area contributed by atoms with Crippen LogP contribution in [0.3, 0.4) is 0 Å². The highest BCUT2D eigenvalue weighted by Gasteiger charge is 2.26. The number of amides is 2. The summed E-state index contributed by atoms with van der Waals surface area (Å²) < 4.78 is 1.72. The van der Waals surface area contributed by atoms with Crippen molar-refractivity contribution in [3.05, 3.63) is 60.4 Å². The molecular formula is C29H33N7O3. The first-order chi connectivity index (χ1) is 18.9. The number of hydrogen-bond donors (Lipinski definition) is 4. The van der Waals surface area contributed by atoms with Gasteiger partial charge in [-0.1, -0.05) is 6.58 Å². The quantitative estimate of drug-likeness (QED) is 0.345. The zero-order valence-corrected chi connectivity index (χ0v) is 21.8. The number of nitrogens with one attached hydrogen (secondary N) is 3. The minimum atomic E-state index is -0.361. The van der Waals surface area contributed by atoms with Crippen LogP contribution in [0.2, 0.25) is 0 Å². The van der Waals surface area contributed by atoms with Gasteiger partial charge in [-0.2, -0.15) is 10.4 Å². The first-order valence-electron chi connectivity index (χ1n) is 13.5. The second kappa shape index (κ2) is 11.7. The number of hydrogen-bond acceptors (Lipinski definition) is 7. The summed E-state index contributed by atoms with van der Waals surface area (Å²) in [6.07, 6.45) is 10.3. The molecule has 10 heteroatoms. The van der Waals surface area contributed by atoms with E-state index >= 15 is 0 Å². The SMILES string of the molecule is C=CC(=O)NC1CCC(NC(=O)c2cnc(-c3ccc4cc(C#N)cnn34)cc2N[C@H]2CCC[C@@H](O)C2)CC1. The highest BCUT2D eigenvalue weighted by Crippen LogP contribution is 2.29. The van der Waals surface area contributed by atoms with Crippen LogP contribution >= 0.6 is 0 Å². The predicted molar refractivity (Wildman–Crippen MR) is 147 cm³/mol. The van der Waals surface area contributed by atoms with Gasteiger partial charge >= 0.3 is 0 Å². The lowest BCUT2D eigenvalue weighted by Gasteiger charge is -2.30. The van der Waals surface area contributed by atoms with Crippen molar-refractivity contribution in [2.24, 2.45) is 0 Å². The largest absolute Gasteiger partial charge is 0.393 e. The van der Waals surface area contributed by atoms with Gasteiger partial charge in [0.15, 0.2) is 0 Å². The number of aliphatic hydroxyl groups excluding tert-OH is 1. The van der Waals surface area contributed by atoms with E-state index < -0.39 is 0 Å². The molecule has 2 saturated carbocycles. The number of anilines is 1. The molecular weight excluding hydrogens is 494 g/mol. The molecule has 0 bridgehead atoms. The molecule has 0 unspecified atom stereocenters. The lowest BCUT2D eigenvalue weighted by Crippen LogP contribution is -2.43. The number of aliphatic hydroxyl groups is 1. The second-order valence-corrected chi connectivity index (χ2v) is 10.4. The summed E-state index contributed by atoms with van der Waals surface area (Å²) in [5, 5.41) is 33.4. The van der Waals surface area contributed by atoms with Crippen molar-refractivity contribution in [2.45, 2.75) is 75.6 Å². The molecule has 10 nitrogen and oxygen atoms in total. The van der Waals surface area contributed by atoms with Crippen LogP contribution in [0, 0.1) is 11.3 Å². The zero-order valence-electron chi connectivity index (χ0n) is 21.8. The molecule has 0 radical (unpaired) electrons. The van der Waals surface area contributed by atoms with E-state index in [1.54, 1.807) is 16.8 Å². The molecule has 3 heterocycles. The van der Waals surface area contributed by atoms with Gasteiger partial charge in [0.05, 0.1) is 46.0 Å². The second-order valence-electron chi connectivity index (χ2n) is 10.4. The number of nitriles is 1. The van der Waals surface area contributed by atoms with Gasteiger partial charge in [-0.05, 0) is 81.7 Å². The van der Waals surface area contributed by atoms with Crippen LogP contribution in [0.5, 0.6) is 0 Å². The van der Waals surface area contributed by atoms with Crippen LogP contribution in [0.1, 0.15) is 67.3 Å². The van der Waals surface area contributed by atoms with Crippen LogP contribution in [-0.4, -0.2) is 55.7 Å². The highest BCUT2D eigenvalue weighted by molar-refractivity contribution is 6.00. The van der Waals surface area contributed by atoms with Crippen molar-refractivity contribution < 1.29 is 14.7 Å². The van der Waals surface area contributed by atoms with Gasteiger partial charge in [0.25, 0.3) is 5.91 Å². The predicted octanol–water partition coefficient (Wildman–Crippen LogP) is 3.33. The van der Waals surface area contributed by atoms with E-state index in [1.165, 1.54) is 12.3 Å². The van der Waals surface area contributed by atoms with E-state index in [9.17, 15) is 20.0 Å². The third-order valence-corrected chi connectivity index (χ3v) is 7.64. The topological polar surface area (TPSA) is 144 Å². The van der Waals surface area contributed by atoms with E-state index in [0.29, 0.717) is 28.9 Å². The third-order valence-electron chi connectivity index (χ3n) is 7.64. The number of carbonyl (C=O) groups excluding carboxylic acids is 2. The Morgan fingerprint density at radius 3 is 2.54 bits per heavy atom. The van der Waals surface area contributed by atoms with Crippen LogP contribution in [0.25, 0.3) is 16.9 Å². The van der Waals surface area contributed by atoms with Gasteiger partial charge in [-0.3, -0.25) is 14.6 Å². The molecule has 0 spiro atoms. The maximum atomic E-state index is 13.5. The number of rotatable bonds is 7. The van der Waals surface area contributed by atoms with Crippen LogP contribution in [-0.2, 0) is 4.79 Å². The molecule has 0 saturated heterocycles. The Kier molecular flexibility index (Phi) is 7.89. The first kappa shape index (κ1) is 26.4. The highest BCUT2D eigenvalue weighted by atomic mass is 16.3. The lowest BCUT2D eigenvalue weighted by atomic mass is 9.90. The molecule has 39 heavy (non-hydrogen) atoms. The van der Waals surface area contributed by atoms with E-state index in [2.05, 4.69) is 38.7 Å². The Morgan fingerprint density at radius 1 is 1.05 bits per heavy atom. The Bertz CT molecular complexity index is 1420. The summed E-state index contributed by atoms with van der Waals surface area (Å²) in [5.74, 6) is -0.378. The molecule has 5 rings (SSSR count). The fourth-order valence-electron chi connectivity index (χ4n) is 5.57. The maximum Gasteiger partial charge on any atom is 0.255 e. The monoisotopic (exact) mass is 527 g/mol. The van der Waals surface area contributed by atoms with Crippen molar-refractivity contribution >= 4 is 23.0 Å². The number of fused-ring (bicyclic) bond motifs is 1. The summed E-state index contributed by atoms with van der Waals surface area (Å²) in [4.78, 5) is 29.7. The van der Waals surface area contributed by atoms with Gasteiger partial charge in [0, 0.05) is 24.3 Å². The minimum absolute atomic E-state index is 0.00603. The molecule has 0 aromatic carbocycles. The smallest absolute Gasteiger partial charge is 0.255 e. The molecule has 4 N–H and O–H groups in total. The van der Waals surface area contributed by atoms with E-state index in [0.717, 1.165) is 56.2 Å². The number of nitrogens with zero attached hydrogens (tertiary/aromatic N) is 4. The van der Waals surface area contributed by atoms with E-state index in [-0.39, 0.29) is 36.0 Å². The van der Waals surface area contributed by atoms with E-state index in [1.807, 2.05) is 18.2 Å². The Labute approximate surface area is 227 Å². The van der Waals surface area contributed by atoms with Crippen molar-refractivity contribution in [3.8, 4) is 17.5 Å². The third kappa shape index (κ3) is 6.10. The fraction of sp³-hybridized carbons (Fsp3) is 0.414. The normalized spacial score (nSPS) is 23.0. The molecule has 2 aliphatic carbocycles. The molecule has 2 fully saturated rings. The fourth-order valence-corrected chi connectivity index (χ4v) is 5.57. The summed E-state index contributed by atoms with van der Waals surface area (Å²) in [7, 11) is 0. The Balaban J connectivity index is 1.37. The first-order valence-corrected chi connectivity index (χ1v) is 13.5. The lowest BCUT2D eigenvalue weighted by molar-refractivity contribution is -0.117. The molecule has 202 valence electrons. The Morgan fingerprint density at radius 2 is 1.82 bits per heavy atom. The van der Waals surface area contributed by atoms with Crippen LogP contribution in [0.4, 0.5) is 5.69 Å². The van der Waals surface area contributed by atoms with Crippen molar-refractivity contribution in [3.63, 3.8) is 0 Å².